The Balaban J connectivity index is 1.26. The van der Waals surface area contributed by atoms with Gasteiger partial charge in [-0.2, -0.15) is 14.9 Å². The molecule has 1 spiro atoms. The Morgan fingerprint density at radius 3 is 2.59 bits per heavy atom. The predicted molar refractivity (Wildman–Crippen MR) is 146 cm³/mol. The van der Waals surface area contributed by atoms with Crippen molar-refractivity contribution < 1.29 is 24.1 Å². The van der Waals surface area contributed by atoms with Gasteiger partial charge in [-0.05, 0) is 18.9 Å². The quantitative estimate of drug-likeness (QED) is 0.339. The highest BCUT2D eigenvalue weighted by molar-refractivity contribution is 5.70. The summed E-state index contributed by atoms with van der Waals surface area (Å²) in [6.07, 6.45) is 5.37. The van der Waals surface area contributed by atoms with Crippen LogP contribution in [0.2, 0.25) is 0 Å². The Labute approximate surface area is 233 Å². The molecule has 0 radical (unpaired) electrons. The topological polar surface area (TPSA) is 173 Å². The van der Waals surface area contributed by atoms with Crippen LogP contribution in [0.4, 0.5) is 10.6 Å². The number of morpholine rings is 1. The summed E-state index contributed by atoms with van der Waals surface area (Å²) in [5, 5.41) is 18.5. The van der Waals surface area contributed by atoms with E-state index in [4.69, 9.17) is 19.9 Å². The third-order valence-electron chi connectivity index (χ3n) is 7.35. The molecule has 3 N–H and O–H groups in total. The number of methoxy groups -OCH3 is 2. The van der Waals surface area contributed by atoms with Crippen molar-refractivity contribution in [2.75, 3.05) is 33.1 Å². The van der Waals surface area contributed by atoms with Crippen LogP contribution in [0.3, 0.4) is 0 Å². The van der Waals surface area contributed by atoms with Crippen LogP contribution in [0.5, 0.6) is 11.5 Å². The molecule has 1 amide bonds. The van der Waals surface area contributed by atoms with Crippen LogP contribution in [0, 0.1) is 0 Å². The van der Waals surface area contributed by atoms with Gasteiger partial charge in [0.05, 0.1) is 69.3 Å². The first-order chi connectivity index (χ1) is 19.8. The fourth-order valence-corrected chi connectivity index (χ4v) is 4.92. The van der Waals surface area contributed by atoms with E-state index in [0.717, 1.165) is 12.8 Å². The summed E-state index contributed by atoms with van der Waals surface area (Å²) in [5.74, 6) is 1.14. The average molecular weight is 561 g/mol. The molecule has 4 heterocycles. The van der Waals surface area contributed by atoms with Crippen molar-refractivity contribution in [1.29, 1.82) is 0 Å². The number of anilines is 1. The van der Waals surface area contributed by atoms with Crippen molar-refractivity contribution in [2.24, 2.45) is 0 Å². The summed E-state index contributed by atoms with van der Waals surface area (Å²) in [6.45, 7) is 1.06. The standard InChI is InChI=1S/C27H28N8O6/c1-39-18-7-17(8-19(9-18)40-2)35-23(36)4-3-21(32-35)24-25(28)29-11-22(31-24)16-10-30-33(12-16)13-20-14-34(26(37)38)27(5-6-27)15-41-20/h3-4,7-12,20H,5-6,13-15H2,1-2H3,(H2,28,29)(H,37,38)/t20-/m0/s1. The Morgan fingerprint density at radius 1 is 1.15 bits per heavy atom. The second kappa shape index (κ2) is 10.2. The Morgan fingerprint density at radius 2 is 1.90 bits per heavy atom. The molecule has 6 rings (SSSR count). The first-order valence-electron chi connectivity index (χ1n) is 12.9. The molecule has 0 unspecified atom stereocenters. The number of aromatic nitrogens is 6. The van der Waals surface area contributed by atoms with Crippen LogP contribution < -0.4 is 20.8 Å². The van der Waals surface area contributed by atoms with E-state index in [0.29, 0.717) is 53.0 Å². The van der Waals surface area contributed by atoms with Crippen molar-refractivity contribution in [2.45, 2.75) is 31.0 Å². The minimum atomic E-state index is -0.924. The van der Waals surface area contributed by atoms with Crippen LogP contribution in [-0.4, -0.2) is 84.6 Å². The molecule has 14 nitrogen and oxygen atoms in total. The fraction of sp³-hybridized carbons (Fsp3) is 0.333. The number of nitrogens with zero attached hydrogens (tertiary/aromatic N) is 7. The van der Waals surface area contributed by atoms with Gasteiger partial charge < -0.3 is 25.1 Å². The number of amides is 1. The van der Waals surface area contributed by atoms with Crippen LogP contribution >= 0.6 is 0 Å². The second-order valence-electron chi connectivity index (χ2n) is 10.0. The Hall–Kier alpha value is -4.98. The molecule has 1 aliphatic carbocycles. The highest BCUT2D eigenvalue weighted by atomic mass is 16.5. The molecule has 0 bridgehead atoms. The maximum Gasteiger partial charge on any atom is 0.407 e. The van der Waals surface area contributed by atoms with Gasteiger partial charge in [-0.15, -0.1) is 0 Å². The lowest BCUT2D eigenvalue weighted by Gasteiger charge is -2.38. The van der Waals surface area contributed by atoms with Crippen molar-refractivity contribution in [1.82, 2.24) is 34.4 Å². The SMILES string of the molecule is COc1cc(OC)cc(-n2nc(-c3nc(-c4cnn(C[C@H]5CN(C(=O)O)C6(CC6)CO5)c4)cnc3N)ccc2=O)c1. The Bertz CT molecular complexity index is 1660. The number of carbonyl (C=O) groups is 1. The molecule has 2 aliphatic rings. The van der Waals surface area contributed by atoms with E-state index in [1.54, 1.807) is 35.3 Å². The van der Waals surface area contributed by atoms with Crippen molar-refractivity contribution in [3.05, 3.63) is 59.3 Å². The molecule has 212 valence electrons. The molecule has 14 heteroatoms. The highest BCUT2D eigenvalue weighted by Gasteiger charge is 2.54. The van der Waals surface area contributed by atoms with E-state index >= 15 is 0 Å². The molecule has 41 heavy (non-hydrogen) atoms. The van der Waals surface area contributed by atoms with E-state index in [-0.39, 0.29) is 29.6 Å². The van der Waals surface area contributed by atoms with Crippen LogP contribution in [0.1, 0.15) is 12.8 Å². The molecule has 1 atom stereocenters. The van der Waals surface area contributed by atoms with E-state index in [2.05, 4.69) is 20.2 Å². The van der Waals surface area contributed by atoms with Gasteiger partial charge in [0, 0.05) is 36.0 Å². The van der Waals surface area contributed by atoms with Gasteiger partial charge in [0.15, 0.2) is 5.82 Å². The molecule has 4 aromatic rings. The summed E-state index contributed by atoms with van der Waals surface area (Å²) < 4.78 is 19.5. The third kappa shape index (κ3) is 5.04. The second-order valence-corrected chi connectivity index (χ2v) is 10.0. The summed E-state index contributed by atoms with van der Waals surface area (Å²) in [4.78, 5) is 35.0. The molecule has 3 aromatic heterocycles. The van der Waals surface area contributed by atoms with Gasteiger partial charge in [0.1, 0.15) is 22.9 Å². The smallest absolute Gasteiger partial charge is 0.407 e. The van der Waals surface area contributed by atoms with E-state index in [9.17, 15) is 14.7 Å². The van der Waals surface area contributed by atoms with Gasteiger partial charge in [-0.25, -0.2) is 14.8 Å². The minimum absolute atomic E-state index is 0.139. The summed E-state index contributed by atoms with van der Waals surface area (Å²) in [7, 11) is 3.04. The molecular weight excluding hydrogens is 532 g/mol. The van der Waals surface area contributed by atoms with Gasteiger partial charge in [0.2, 0.25) is 0 Å². The number of nitrogens with two attached hydrogens (primary N) is 1. The number of nitrogen functional groups attached to an aromatic ring is 1. The Kier molecular flexibility index (Phi) is 6.53. The normalized spacial score (nSPS) is 17.4. The maximum absolute atomic E-state index is 12.7. The molecular formula is C27H28N8O6. The van der Waals surface area contributed by atoms with Crippen LogP contribution in [0.25, 0.3) is 28.3 Å². The molecule has 1 saturated carbocycles. The first kappa shape index (κ1) is 26.3. The van der Waals surface area contributed by atoms with Crippen molar-refractivity contribution in [3.8, 4) is 39.8 Å². The summed E-state index contributed by atoms with van der Waals surface area (Å²) in [5.41, 5.74) is 7.70. The van der Waals surface area contributed by atoms with Crippen LogP contribution in [0.15, 0.2) is 53.7 Å². The number of ether oxygens (including phenoxy) is 3. The van der Waals surface area contributed by atoms with Crippen molar-refractivity contribution >= 4 is 11.9 Å². The zero-order valence-electron chi connectivity index (χ0n) is 22.4. The average Bonchev–Trinajstić information content (AvgIpc) is 3.60. The summed E-state index contributed by atoms with van der Waals surface area (Å²) >= 11 is 0. The lowest BCUT2D eigenvalue weighted by atomic mass is 10.1. The predicted octanol–water partition coefficient (Wildman–Crippen LogP) is 2.06. The molecule has 1 aliphatic heterocycles. The number of carboxylic acid groups (broad SMARTS) is 1. The minimum Gasteiger partial charge on any atom is -0.497 e. The zero-order valence-corrected chi connectivity index (χ0v) is 22.4. The number of hydrogen-bond acceptors (Lipinski definition) is 10. The van der Waals surface area contributed by atoms with E-state index < -0.39 is 6.09 Å². The first-order valence-corrected chi connectivity index (χ1v) is 12.9. The largest absolute Gasteiger partial charge is 0.497 e. The third-order valence-corrected chi connectivity index (χ3v) is 7.35. The van der Waals surface area contributed by atoms with Gasteiger partial charge in [-0.3, -0.25) is 14.4 Å². The summed E-state index contributed by atoms with van der Waals surface area (Å²) in [6, 6.07) is 7.92. The van der Waals surface area contributed by atoms with E-state index in [1.807, 2.05) is 0 Å². The lowest BCUT2D eigenvalue weighted by Crippen LogP contribution is -2.54. The van der Waals surface area contributed by atoms with E-state index in [1.165, 1.54) is 42.1 Å². The number of benzene rings is 1. The molecule has 1 aromatic carbocycles. The number of rotatable bonds is 7. The molecule has 1 saturated heterocycles. The molecule has 2 fully saturated rings. The zero-order chi connectivity index (χ0) is 28.7. The van der Waals surface area contributed by atoms with Gasteiger partial charge in [0.25, 0.3) is 5.56 Å². The van der Waals surface area contributed by atoms with Gasteiger partial charge >= 0.3 is 6.09 Å². The number of hydrogen-bond donors (Lipinski definition) is 2. The van der Waals surface area contributed by atoms with Crippen molar-refractivity contribution in [3.63, 3.8) is 0 Å². The maximum atomic E-state index is 12.7. The fourth-order valence-electron chi connectivity index (χ4n) is 4.92. The van der Waals surface area contributed by atoms with Gasteiger partial charge in [-0.1, -0.05) is 0 Å². The lowest BCUT2D eigenvalue weighted by molar-refractivity contribution is -0.0704. The monoisotopic (exact) mass is 560 g/mol. The highest BCUT2D eigenvalue weighted by Crippen LogP contribution is 2.44. The van der Waals surface area contributed by atoms with Crippen LogP contribution in [-0.2, 0) is 11.3 Å².